The summed E-state index contributed by atoms with van der Waals surface area (Å²) >= 11 is 0. The second kappa shape index (κ2) is 4.34. The third-order valence-corrected chi connectivity index (χ3v) is 3.51. The number of hydrogen-bond donors (Lipinski definition) is 1. The van der Waals surface area contributed by atoms with Gasteiger partial charge in [-0.2, -0.15) is 0 Å². The molecule has 6 nitrogen and oxygen atoms in total. The number of rotatable bonds is 2. The molecule has 16 heavy (non-hydrogen) atoms. The number of nitrogens with one attached hydrogen (secondary N) is 1. The lowest BCUT2D eigenvalue weighted by Gasteiger charge is -2.27. The van der Waals surface area contributed by atoms with Gasteiger partial charge in [-0.25, -0.2) is 18.4 Å². The molecule has 1 N–H and O–H groups in total. The molecule has 1 aromatic rings. The molecule has 0 saturated carbocycles. The van der Waals surface area contributed by atoms with E-state index in [0.717, 1.165) is 32.4 Å². The Balaban J connectivity index is 2.18. The highest BCUT2D eigenvalue weighted by atomic mass is 32.2. The van der Waals surface area contributed by atoms with Crippen molar-refractivity contribution in [1.29, 1.82) is 0 Å². The van der Waals surface area contributed by atoms with E-state index in [1.807, 2.05) is 4.90 Å². The maximum absolute atomic E-state index is 11.2. The molecular weight excluding hydrogens is 228 g/mol. The summed E-state index contributed by atoms with van der Waals surface area (Å²) < 4.78 is 22.4. The van der Waals surface area contributed by atoms with Crippen LogP contribution < -0.4 is 10.2 Å². The van der Waals surface area contributed by atoms with Crippen LogP contribution in [0.4, 0.5) is 5.95 Å². The van der Waals surface area contributed by atoms with Gasteiger partial charge in [-0.15, -0.1) is 0 Å². The first kappa shape index (κ1) is 11.3. The van der Waals surface area contributed by atoms with E-state index in [1.54, 1.807) is 0 Å². The van der Waals surface area contributed by atoms with Crippen molar-refractivity contribution in [3.8, 4) is 0 Å². The van der Waals surface area contributed by atoms with Gasteiger partial charge in [-0.3, -0.25) is 0 Å². The van der Waals surface area contributed by atoms with Crippen LogP contribution in [-0.2, 0) is 9.84 Å². The zero-order chi connectivity index (χ0) is 11.6. The summed E-state index contributed by atoms with van der Waals surface area (Å²) in [6, 6.07) is 0. The van der Waals surface area contributed by atoms with Crippen LogP contribution in [0, 0.1) is 0 Å². The predicted molar refractivity (Wildman–Crippen MR) is 60.2 cm³/mol. The lowest BCUT2D eigenvalue weighted by molar-refractivity contribution is 0.578. The predicted octanol–water partition coefficient (Wildman–Crippen LogP) is -0.710. The Morgan fingerprint density at radius 2 is 1.81 bits per heavy atom. The quantitative estimate of drug-likeness (QED) is 0.738. The van der Waals surface area contributed by atoms with Gasteiger partial charge >= 0.3 is 0 Å². The van der Waals surface area contributed by atoms with E-state index in [2.05, 4.69) is 15.3 Å². The molecule has 7 heteroatoms. The Morgan fingerprint density at radius 3 is 2.31 bits per heavy atom. The number of anilines is 1. The number of hydrogen-bond acceptors (Lipinski definition) is 6. The molecule has 0 amide bonds. The minimum Gasteiger partial charge on any atom is -0.338 e. The molecule has 0 aromatic carbocycles. The Kier molecular flexibility index (Phi) is 3.06. The van der Waals surface area contributed by atoms with E-state index in [1.165, 1.54) is 12.4 Å². The standard InChI is InChI=1S/C9H14N4O2S/c1-16(14,15)8-6-11-9(12-7-8)13-4-2-10-3-5-13/h6-7,10H,2-5H2,1H3. The Bertz CT molecular complexity index is 451. The van der Waals surface area contributed by atoms with Crippen LogP contribution in [0.25, 0.3) is 0 Å². The van der Waals surface area contributed by atoms with E-state index in [0.29, 0.717) is 5.95 Å². The van der Waals surface area contributed by atoms with E-state index in [-0.39, 0.29) is 4.90 Å². The molecule has 0 unspecified atom stereocenters. The summed E-state index contributed by atoms with van der Waals surface area (Å²) in [5.74, 6) is 0.592. The van der Waals surface area contributed by atoms with Crippen molar-refractivity contribution < 1.29 is 8.42 Å². The molecule has 2 heterocycles. The van der Waals surface area contributed by atoms with Crippen LogP contribution >= 0.6 is 0 Å². The van der Waals surface area contributed by atoms with Crippen LogP contribution in [0.1, 0.15) is 0 Å². The second-order valence-electron chi connectivity index (χ2n) is 3.73. The molecule has 2 rings (SSSR count). The van der Waals surface area contributed by atoms with Crippen LogP contribution in [0.5, 0.6) is 0 Å². The minimum atomic E-state index is -3.21. The minimum absolute atomic E-state index is 0.159. The lowest BCUT2D eigenvalue weighted by Crippen LogP contribution is -2.44. The van der Waals surface area contributed by atoms with Crippen LogP contribution in [0.15, 0.2) is 17.3 Å². The smallest absolute Gasteiger partial charge is 0.225 e. The fraction of sp³-hybridized carbons (Fsp3) is 0.556. The van der Waals surface area contributed by atoms with Crippen molar-refractivity contribution in [2.75, 3.05) is 37.3 Å². The third-order valence-electron chi connectivity index (χ3n) is 2.44. The molecule has 1 fully saturated rings. The average molecular weight is 242 g/mol. The number of nitrogens with zero attached hydrogens (tertiary/aromatic N) is 3. The van der Waals surface area contributed by atoms with Gasteiger partial charge in [0.1, 0.15) is 4.90 Å². The molecule has 0 aliphatic carbocycles. The number of piperazine rings is 1. The molecule has 0 radical (unpaired) electrons. The summed E-state index contributed by atoms with van der Waals surface area (Å²) in [4.78, 5) is 10.3. The van der Waals surface area contributed by atoms with Gasteiger partial charge in [-0.1, -0.05) is 0 Å². The Labute approximate surface area is 94.6 Å². The van der Waals surface area contributed by atoms with Crippen LogP contribution in [0.2, 0.25) is 0 Å². The van der Waals surface area contributed by atoms with Gasteiger partial charge in [0.15, 0.2) is 9.84 Å². The highest BCUT2D eigenvalue weighted by Gasteiger charge is 2.14. The third kappa shape index (κ3) is 2.48. The maximum Gasteiger partial charge on any atom is 0.225 e. The van der Waals surface area contributed by atoms with Crippen LogP contribution in [0.3, 0.4) is 0 Å². The van der Waals surface area contributed by atoms with E-state index in [9.17, 15) is 8.42 Å². The van der Waals surface area contributed by atoms with Crippen molar-refractivity contribution in [2.24, 2.45) is 0 Å². The van der Waals surface area contributed by atoms with Crippen molar-refractivity contribution in [3.63, 3.8) is 0 Å². The summed E-state index contributed by atoms with van der Waals surface area (Å²) in [5, 5.41) is 3.23. The maximum atomic E-state index is 11.2. The summed E-state index contributed by atoms with van der Waals surface area (Å²) in [5.41, 5.74) is 0. The first-order chi connectivity index (χ1) is 7.57. The summed E-state index contributed by atoms with van der Waals surface area (Å²) in [6.45, 7) is 3.49. The van der Waals surface area contributed by atoms with Crippen molar-refractivity contribution >= 4 is 15.8 Å². The van der Waals surface area contributed by atoms with Crippen LogP contribution in [-0.4, -0.2) is 50.8 Å². The molecule has 0 atom stereocenters. The first-order valence-corrected chi connectivity index (χ1v) is 6.94. The molecule has 1 saturated heterocycles. The second-order valence-corrected chi connectivity index (χ2v) is 5.74. The van der Waals surface area contributed by atoms with E-state index in [4.69, 9.17) is 0 Å². The number of sulfone groups is 1. The summed E-state index contributed by atoms with van der Waals surface area (Å²) in [6.07, 6.45) is 3.87. The number of aromatic nitrogens is 2. The molecular formula is C9H14N4O2S. The fourth-order valence-electron chi connectivity index (χ4n) is 1.53. The van der Waals surface area contributed by atoms with Crippen molar-refractivity contribution in [2.45, 2.75) is 4.90 Å². The topological polar surface area (TPSA) is 75.2 Å². The lowest BCUT2D eigenvalue weighted by atomic mass is 10.4. The SMILES string of the molecule is CS(=O)(=O)c1cnc(N2CCNCC2)nc1. The monoisotopic (exact) mass is 242 g/mol. The Morgan fingerprint density at radius 1 is 1.25 bits per heavy atom. The van der Waals surface area contributed by atoms with Gasteiger partial charge in [0.2, 0.25) is 5.95 Å². The van der Waals surface area contributed by atoms with Gasteiger partial charge in [0, 0.05) is 32.4 Å². The molecule has 0 spiro atoms. The zero-order valence-electron chi connectivity index (χ0n) is 9.05. The largest absolute Gasteiger partial charge is 0.338 e. The van der Waals surface area contributed by atoms with Gasteiger partial charge < -0.3 is 10.2 Å². The molecule has 0 bridgehead atoms. The highest BCUT2D eigenvalue weighted by Crippen LogP contribution is 2.10. The highest BCUT2D eigenvalue weighted by molar-refractivity contribution is 7.90. The average Bonchev–Trinajstić information content (AvgIpc) is 2.29. The first-order valence-electron chi connectivity index (χ1n) is 5.05. The molecule has 1 aliphatic heterocycles. The van der Waals surface area contributed by atoms with E-state index < -0.39 is 9.84 Å². The van der Waals surface area contributed by atoms with Crippen molar-refractivity contribution in [3.05, 3.63) is 12.4 Å². The zero-order valence-corrected chi connectivity index (χ0v) is 9.87. The van der Waals surface area contributed by atoms with Gasteiger partial charge in [-0.05, 0) is 0 Å². The van der Waals surface area contributed by atoms with Gasteiger partial charge in [0.25, 0.3) is 0 Å². The van der Waals surface area contributed by atoms with Gasteiger partial charge in [0.05, 0.1) is 12.4 Å². The molecule has 1 aliphatic rings. The fourth-order valence-corrected chi connectivity index (χ4v) is 2.02. The summed E-state index contributed by atoms with van der Waals surface area (Å²) in [7, 11) is -3.21. The normalized spacial score (nSPS) is 17.4. The Hall–Kier alpha value is -1.21. The van der Waals surface area contributed by atoms with E-state index >= 15 is 0 Å². The molecule has 88 valence electrons. The molecule has 1 aromatic heterocycles. The van der Waals surface area contributed by atoms with Crippen molar-refractivity contribution in [1.82, 2.24) is 15.3 Å².